The Hall–Kier alpha value is -1.80. The Labute approximate surface area is 187 Å². The molecule has 0 saturated carbocycles. The largest absolute Gasteiger partial charge is 0.483 e. The summed E-state index contributed by atoms with van der Waals surface area (Å²) in [6, 6.07) is 13.9. The second-order valence-electron chi connectivity index (χ2n) is 5.66. The molecule has 0 atom stereocenters. The summed E-state index contributed by atoms with van der Waals surface area (Å²) < 4.78 is 7.26. The maximum atomic E-state index is 12.1. The van der Waals surface area contributed by atoms with Crippen LogP contribution in [-0.2, 0) is 4.79 Å². The summed E-state index contributed by atoms with van der Waals surface area (Å²) in [5.41, 5.74) is 4.75. The van der Waals surface area contributed by atoms with Crippen LogP contribution in [0.25, 0.3) is 10.8 Å². The van der Waals surface area contributed by atoms with Gasteiger partial charge < -0.3 is 4.74 Å². The van der Waals surface area contributed by atoms with E-state index in [9.17, 15) is 9.59 Å². The van der Waals surface area contributed by atoms with E-state index in [2.05, 4.69) is 42.7 Å². The molecule has 0 aliphatic rings. The SMILES string of the molecule is O=C(COc1ccc2cc(Br)ccc2c1Br)NNC(=O)c1ccc(Cl)cc1Cl. The van der Waals surface area contributed by atoms with Crippen LogP contribution in [0.1, 0.15) is 10.4 Å². The first-order chi connectivity index (χ1) is 13.3. The quantitative estimate of drug-likeness (QED) is 0.424. The smallest absolute Gasteiger partial charge is 0.276 e. The summed E-state index contributed by atoms with van der Waals surface area (Å²) in [6.45, 7) is -0.282. The van der Waals surface area contributed by atoms with Gasteiger partial charge >= 0.3 is 0 Å². The molecule has 0 aromatic heterocycles. The Bertz CT molecular complexity index is 1080. The van der Waals surface area contributed by atoms with Crippen molar-refractivity contribution in [2.75, 3.05) is 6.61 Å². The number of nitrogens with one attached hydrogen (secondary N) is 2. The van der Waals surface area contributed by atoms with Crippen molar-refractivity contribution in [1.82, 2.24) is 10.9 Å². The second-order valence-corrected chi connectivity index (χ2v) is 8.21. The lowest BCUT2D eigenvalue weighted by molar-refractivity contribution is -0.123. The van der Waals surface area contributed by atoms with E-state index in [0.717, 1.165) is 19.7 Å². The van der Waals surface area contributed by atoms with E-state index in [1.165, 1.54) is 18.2 Å². The molecule has 3 aromatic carbocycles. The predicted octanol–water partition coefficient (Wildman–Crippen LogP) is 5.51. The molecule has 28 heavy (non-hydrogen) atoms. The highest BCUT2D eigenvalue weighted by Gasteiger charge is 2.13. The molecule has 0 radical (unpaired) electrons. The minimum absolute atomic E-state index is 0.183. The molecule has 0 aliphatic heterocycles. The van der Waals surface area contributed by atoms with Crippen LogP contribution < -0.4 is 15.6 Å². The molecule has 0 heterocycles. The highest BCUT2D eigenvalue weighted by atomic mass is 79.9. The Morgan fingerprint density at radius 3 is 2.50 bits per heavy atom. The van der Waals surface area contributed by atoms with Crippen molar-refractivity contribution in [3.05, 3.63) is 73.1 Å². The molecule has 5 nitrogen and oxygen atoms in total. The first kappa shape index (κ1) is 20.9. The number of benzene rings is 3. The molecule has 2 N–H and O–H groups in total. The number of hydrogen-bond donors (Lipinski definition) is 2. The molecule has 0 fully saturated rings. The van der Waals surface area contributed by atoms with E-state index >= 15 is 0 Å². The zero-order chi connectivity index (χ0) is 20.3. The Kier molecular flexibility index (Phi) is 6.82. The maximum absolute atomic E-state index is 12.1. The third-order valence-corrected chi connectivity index (χ3v) is 5.59. The van der Waals surface area contributed by atoms with Gasteiger partial charge in [-0.1, -0.05) is 51.3 Å². The molecule has 0 spiro atoms. The lowest BCUT2D eigenvalue weighted by Crippen LogP contribution is -2.43. The summed E-state index contributed by atoms with van der Waals surface area (Å²) in [6.07, 6.45) is 0. The van der Waals surface area contributed by atoms with Gasteiger partial charge in [0.25, 0.3) is 11.8 Å². The number of amides is 2. The third kappa shape index (κ3) is 4.97. The molecule has 0 aliphatic carbocycles. The Balaban J connectivity index is 1.58. The van der Waals surface area contributed by atoms with Crippen molar-refractivity contribution < 1.29 is 14.3 Å². The number of rotatable bonds is 4. The van der Waals surface area contributed by atoms with E-state index in [1.54, 1.807) is 6.07 Å². The van der Waals surface area contributed by atoms with Gasteiger partial charge in [0.15, 0.2) is 6.61 Å². The van der Waals surface area contributed by atoms with Crippen LogP contribution in [0.2, 0.25) is 10.0 Å². The second kappa shape index (κ2) is 9.13. The number of carbonyl (C=O) groups is 2. The highest BCUT2D eigenvalue weighted by Crippen LogP contribution is 2.34. The minimum Gasteiger partial charge on any atom is -0.483 e. The summed E-state index contributed by atoms with van der Waals surface area (Å²) in [5, 5.41) is 2.56. The van der Waals surface area contributed by atoms with E-state index in [1.807, 2.05) is 24.3 Å². The van der Waals surface area contributed by atoms with Crippen LogP contribution in [0.3, 0.4) is 0 Å². The van der Waals surface area contributed by atoms with Crippen molar-refractivity contribution in [3.8, 4) is 5.75 Å². The monoisotopic (exact) mass is 544 g/mol. The highest BCUT2D eigenvalue weighted by molar-refractivity contribution is 9.11. The van der Waals surface area contributed by atoms with Gasteiger partial charge in [-0.2, -0.15) is 0 Å². The van der Waals surface area contributed by atoms with Gasteiger partial charge in [0, 0.05) is 9.50 Å². The van der Waals surface area contributed by atoms with Crippen LogP contribution in [0.15, 0.2) is 57.5 Å². The lowest BCUT2D eigenvalue weighted by atomic mass is 10.1. The van der Waals surface area contributed by atoms with Crippen molar-refractivity contribution in [3.63, 3.8) is 0 Å². The summed E-state index contributed by atoms with van der Waals surface area (Å²) in [7, 11) is 0. The fourth-order valence-corrected chi connectivity index (χ4v) is 3.88. The maximum Gasteiger partial charge on any atom is 0.276 e. The summed E-state index contributed by atoms with van der Waals surface area (Å²) >= 11 is 18.7. The number of halogens is 4. The van der Waals surface area contributed by atoms with E-state index < -0.39 is 11.8 Å². The molecule has 0 unspecified atom stereocenters. The number of carbonyl (C=O) groups excluding carboxylic acids is 2. The molecule has 2 amide bonds. The van der Waals surface area contributed by atoms with Crippen LogP contribution >= 0.6 is 55.1 Å². The standard InChI is InChI=1S/C19H12Br2Cl2N2O3/c20-11-2-4-13-10(7-11)1-6-16(18(13)21)28-9-17(26)24-25-19(27)14-5-3-12(22)8-15(14)23/h1-8H,9H2,(H,24,26)(H,25,27). The predicted molar refractivity (Wildman–Crippen MR) is 117 cm³/mol. The zero-order valence-corrected chi connectivity index (χ0v) is 18.7. The van der Waals surface area contributed by atoms with Gasteiger partial charge in [0.1, 0.15) is 5.75 Å². The first-order valence-corrected chi connectivity index (χ1v) is 10.2. The average Bonchev–Trinajstić information content (AvgIpc) is 2.65. The van der Waals surface area contributed by atoms with Crippen molar-refractivity contribution in [2.45, 2.75) is 0 Å². The van der Waals surface area contributed by atoms with Crippen molar-refractivity contribution in [1.29, 1.82) is 0 Å². The van der Waals surface area contributed by atoms with Crippen LogP contribution in [-0.4, -0.2) is 18.4 Å². The minimum atomic E-state index is -0.563. The fourth-order valence-electron chi connectivity index (χ4n) is 2.40. The zero-order valence-electron chi connectivity index (χ0n) is 14.1. The molecule has 144 valence electrons. The van der Waals surface area contributed by atoms with Crippen molar-refractivity contribution >= 4 is 77.6 Å². The lowest BCUT2D eigenvalue weighted by Gasteiger charge is -2.12. The van der Waals surface area contributed by atoms with E-state index in [4.69, 9.17) is 27.9 Å². The van der Waals surface area contributed by atoms with Gasteiger partial charge in [0.2, 0.25) is 0 Å². The van der Waals surface area contributed by atoms with E-state index in [0.29, 0.717) is 10.8 Å². The molecule has 0 bridgehead atoms. The molecule has 3 aromatic rings. The van der Waals surface area contributed by atoms with E-state index in [-0.39, 0.29) is 17.2 Å². The molecular formula is C19H12Br2Cl2N2O3. The van der Waals surface area contributed by atoms with Gasteiger partial charge in [-0.05, 0) is 63.1 Å². The number of fused-ring (bicyclic) bond motifs is 1. The van der Waals surface area contributed by atoms with Crippen LogP contribution in [0.4, 0.5) is 0 Å². The molecule has 9 heteroatoms. The Morgan fingerprint density at radius 2 is 1.75 bits per heavy atom. The molecular weight excluding hydrogens is 535 g/mol. The fraction of sp³-hybridized carbons (Fsp3) is 0.0526. The summed E-state index contributed by atoms with van der Waals surface area (Å²) in [4.78, 5) is 24.1. The molecule has 0 saturated heterocycles. The van der Waals surface area contributed by atoms with Gasteiger partial charge in [0.05, 0.1) is 15.1 Å². The third-order valence-electron chi connectivity index (χ3n) is 3.73. The first-order valence-electron chi connectivity index (χ1n) is 7.90. The topological polar surface area (TPSA) is 67.4 Å². The van der Waals surface area contributed by atoms with Crippen LogP contribution in [0, 0.1) is 0 Å². The van der Waals surface area contributed by atoms with Gasteiger partial charge in [-0.25, -0.2) is 0 Å². The van der Waals surface area contributed by atoms with Crippen molar-refractivity contribution in [2.24, 2.45) is 0 Å². The number of hydrogen-bond acceptors (Lipinski definition) is 3. The van der Waals surface area contributed by atoms with Gasteiger partial charge in [-0.15, -0.1) is 0 Å². The van der Waals surface area contributed by atoms with Crippen LogP contribution in [0.5, 0.6) is 5.75 Å². The summed E-state index contributed by atoms with van der Waals surface area (Å²) in [5.74, 6) is -0.578. The number of hydrazine groups is 1. The number of ether oxygens (including phenoxy) is 1. The Morgan fingerprint density at radius 1 is 0.964 bits per heavy atom. The van der Waals surface area contributed by atoms with Gasteiger partial charge in [-0.3, -0.25) is 20.4 Å². The average molecular weight is 547 g/mol. The molecule has 3 rings (SSSR count). The normalized spacial score (nSPS) is 10.6.